The van der Waals surface area contributed by atoms with Crippen molar-refractivity contribution in [2.45, 2.75) is 39.2 Å². The molecule has 16 heavy (non-hydrogen) atoms. The molecule has 0 aliphatic rings. The molecule has 1 amide bonds. The Morgan fingerprint density at radius 2 is 2.06 bits per heavy atom. The van der Waals surface area contributed by atoms with E-state index in [-0.39, 0.29) is 11.4 Å². The predicted molar refractivity (Wildman–Crippen MR) is 67.7 cm³/mol. The molecule has 0 fully saturated rings. The summed E-state index contributed by atoms with van der Waals surface area (Å²) < 4.78 is 0. The zero-order chi connectivity index (χ0) is 12.2. The highest BCUT2D eigenvalue weighted by atomic mass is 35.5. The van der Waals surface area contributed by atoms with Crippen LogP contribution in [0, 0.1) is 0 Å². The predicted octanol–water partition coefficient (Wildman–Crippen LogP) is 3.19. The lowest BCUT2D eigenvalue weighted by atomic mass is 10.1. The van der Waals surface area contributed by atoms with Crippen molar-refractivity contribution >= 4 is 17.5 Å². The summed E-state index contributed by atoms with van der Waals surface area (Å²) in [5, 5.41) is 3.65. The van der Waals surface area contributed by atoms with Gasteiger partial charge in [-0.25, -0.2) is 0 Å². The Morgan fingerprint density at radius 3 is 2.62 bits per heavy atom. The molecule has 0 bridgehead atoms. The van der Waals surface area contributed by atoms with E-state index in [2.05, 4.69) is 5.32 Å². The second-order valence-electron chi connectivity index (χ2n) is 4.93. The third kappa shape index (κ3) is 5.17. The highest BCUT2D eigenvalue weighted by molar-refractivity contribution is 6.30. The van der Waals surface area contributed by atoms with E-state index in [1.54, 1.807) is 0 Å². The number of benzene rings is 1. The van der Waals surface area contributed by atoms with Crippen molar-refractivity contribution in [2.24, 2.45) is 0 Å². The minimum absolute atomic E-state index is 0.0764. The molecule has 2 nitrogen and oxygen atoms in total. The van der Waals surface area contributed by atoms with E-state index in [1.807, 2.05) is 45.0 Å². The standard InChI is InChI=1S/C13H18ClNO/c1-13(2,3)15-12(16)8-7-10-5-4-6-11(14)9-10/h4-6,9H,7-8H2,1-3H3,(H,15,16). The number of rotatable bonds is 3. The maximum Gasteiger partial charge on any atom is 0.220 e. The number of carbonyl (C=O) groups excluding carboxylic acids is 1. The fourth-order valence-electron chi connectivity index (χ4n) is 1.43. The summed E-state index contributed by atoms with van der Waals surface area (Å²) in [5.41, 5.74) is 0.933. The van der Waals surface area contributed by atoms with E-state index in [0.29, 0.717) is 11.4 Å². The van der Waals surface area contributed by atoms with Crippen LogP contribution in [-0.2, 0) is 11.2 Å². The minimum Gasteiger partial charge on any atom is -0.351 e. The highest BCUT2D eigenvalue weighted by Crippen LogP contribution is 2.12. The van der Waals surface area contributed by atoms with Crippen molar-refractivity contribution in [3.63, 3.8) is 0 Å². The molecule has 0 saturated carbocycles. The van der Waals surface area contributed by atoms with Gasteiger partial charge < -0.3 is 5.32 Å². The Kier molecular flexibility index (Phi) is 4.36. The molecule has 1 aromatic rings. The van der Waals surface area contributed by atoms with E-state index in [4.69, 9.17) is 11.6 Å². The molecular weight excluding hydrogens is 222 g/mol. The van der Waals surface area contributed by atoms with Crippen LogP contribution in [0.15, 0.2) is 24.3 Å². The zero-order valence-electron chi connectivity index (χ0n) is 10.0. The van der Waals surface area contributed by atoms with Crippen molar-refractivity contribution in [2.75, 3.05) is 0 Å². The molecule has 0 heterocycles. The number of hydrogen-bond acceptors (Lipinski definition) is 1. The average Bonchev–Trinajstić information content (AvgIpc) is 2.12. The molecule has 1 N–H and O–H groups in total. The molecule has 0 spiro atoms. The molecule has 1 aromatic carbocycles. The molecule has 88 valence electrons. The average molecular weight is 240 g/mol. The molecular formula is C13H18ClNO. The second kappa shape index (κ2) is 5.35. The summed E-state index contributed by atoms with van der Waals surface area (Å²) in [5.74, 6) is 0.0764. The van der Waals surface area contributed by atoms with Gasteiger partial charge in [0.1, 0.15) is 0 Å². The number of halogens is 1. The van der Waals surface area contributed by atoms with Gasteiger partial charge in [0.25, 0.3) is 0 Å². The molecule has 0 aromatic heterocycles. The first-order valence-electron chi connectivity index (χ1n) is 5.42. The summed E-state index contributed by atoms with van der Waals surface area (Å²) in [7, 11) is 0. The van der Waals surface area contributed by atoms with Crippen molar-refractivity contribution in [1.82, 2.24) is 5.32 Å². The van der Waals surface area contributed by atoms with Crippen molar-refractivity contribution in [1.29, 1.82) is 0 Å². The minimum atomic E-state index is -0.161. The lowest BCUT2D eigenvalue weighted by Gasteiger charge is -2.20. The van der Waals surface area contributed by atoms with Crippen molar-refractivity contribution in [3.8, 4) is 0 Å². The van der Waals surface area contributed by atoms with Gasteiger partial charge in [-0.15, -0.1) is 0 Å². The number of nitrogens with one attached hydrogen (secondary N) is 1. The third-order valence-corrected chi connectivity index (χ3v) is 2.28. The van der Waals surface area contributed by atoms with Crippen LogP contribution in [0.25, 0.3) is 0 Å². The quantitative estimate of drug-likeness (QED) is 0.863. The zero-order valence-corrected chi connectivity index (χ0v) is 10.8. The molecule has 0 aliphatic heterocycles. The monoisotopic (exact) mass is 239 g/mol. The molecule has 1 rings (SSSR count). The summed E-state index contributed by atoms with van der Waals surface area (Å²) in [4.78, 5) is 11.6. The van der Waals surface area contributed by atoms with Gasteiger partial charge >= 0.3 is 0 Å². The molecule has 0 atom stereocenters. The van der Waals surface area contributed by atoms with Gasteiger partial charge in [-0.3, -0.25) is 4.79 Å². The normalized spacial score (nSPS) is 11.2. The summed E-state index contributed by atoms with van der Waals surface area (Å²) >= 11 is 5.87. The van der Waals surface area contributed by atoms with Gasteiger partial charge in [-0.05, 0) is 44.9 Å². The van der Waals surface area contributed by atoms with Crippen LogP contribution in [0.5, 0.6) is 0 Å². The van der Waals surface area contributed by atoms with Gasteiger partial charge in [0.15, 0.2) is 0 Å². The van der Waals surface area contributed by atoms with Crippen LogP contribution < -0.4 is 5.32 Å². The van der Waals surface area contributed by atoms with E-state index >= 15 is 0 Å². The van der Waals surface area contributed by atoms with E-state index < -0.39 is 0 Å². The maximum atomic E-state index is 11.6. The van der Waals surface area contributed by atoms with Crippen LogP contribution >= 0.6 is 11.6 Å². The summed E-state index contributed by atoms with van der Waals surface area (Å²) in [6, 6.07) is 7.61. The Bertz CT molecular complexity index is 368. The van der Waals surface area contributed by atoms with Gasteiger partial charge in [0, 0.05) is 17.0 Å². The largest absolute Gasteiger partial charge is 0.351 e. The first kappa shape index (κ1) is 13.0. The van der Waals surface area contributed by atoms with Crippen molar-refractivity contribution in [3.05, 3.63) is 34.9 Å². The topological polar surface area (TPSA) is 29.1 Å². The fraction of sp³-hybridized carbons (Fsp3) is 0.462. The van der Waals surface area contributed by atoms with Crippen LogP contribution in [-0.4, -0.2) is 11.4 Å². The van der Waals surface area contributed by atoms with Gasteiger partial charge in [0.05, 0.1) is 0 Å². The lowest BCUT2D eigenvalue weighted by Crippen LogP contribution is -2.40. The Hall–Kier alpha value is -1.02. The van der Waals surface area contributed by atoms with Gasteiger partial charge in [0.2, 0.25) is 5.91 Å². The van der Waals surface area contributed by atoms with Crippen LogP contribution in [0.3, 0.4) is 0 Å². The SMILES string of the molecule is CC(C)(C)NC(=O)CCc1cccc(Cl)c1. The van der Waals surface area contributed by atoms with Crippen LogP contribution in [0.1, 0.15) is 32.8 Å². The van der Waals surface area contributed by atoms with E-state index in [1.165, 1.54) is 0 Å². The third-order valence-electron chi connectivity index (χ3n) is 2.04. The lowest BCUT2D eigenvalue weighted by molar-refractivity contribution is -0.122. The molecule has 0 unspecified atom stereocenters. The van der Waals surface area contributed by atoms with Crippen LogP contribution in [0.4, 0.5) is 0 Å². The van der Waals surface area contributed by atoms with Gasteiger partial charge in [-0.1, -0.05) is 23.7 Å². The molecule has 0 saturated heterocycles. The smallest absolute Gasteiger partial charge is 0.220 e. The number of hydrogen-bond donors (Lipinski definition) is 1. The van der Waals surface area contributed by atoms with Crippen LogP contribution in [0.2, 0.25) is 5.02 Å². The molecule has 3 heteroatoms. The van der Waals surface area contributed by atoms with Gasteiger partial charge in [-0.2, -0.15) is 0 Å². The number of aryl methyl sites for hydroxylation is 1. The van der Waals surface area contributed by atoms with E-state index in [9.17, 15) is 4.79 Å². The highest BCUT2D eigenvalue weighted by Gasteiger charge is 2.13. The Morgan fingerprint density at radius 1 is 1.38 bits per heavy atom. The fourth-order valence-corrected chi connectivity index (χ4v) is 1.64. The van der Waals surface area contributed by atoms with E-state index in [0.717, 1.165) is 12.0 Å². The second-order valence-corrected chi connectivity index (χ2v) is 5.36. The first-order chi connectivity index (χ1) is 7.37. The number of carbonyl (C=O) groups is 1. The number of amides is 1. The maximum absolute atomic E-state index is 11.6. The Balaban J connectivity index is 2.43. The molecule has 0 aliphatic carbocycles. The first-order valence-corrected chi connectivity index (χ1v) is 5.80. The Labute approximate surface area is 102 Å². The summed E-state index contributed by atoms with van der Waals surface area (Å²) in [6.07, 6.45) is 1.22. The summed E-state index contributed by atoms with van der Waals surface area (Å²) in [6.45, 7) is 5.93. The van der Waals surface area contributed by atoms with Crippen molar-refractivity contribution < 1.29 is 4.79 Å². The molecule has 0 radical (unpaired) electrons.